The number of aromatic carboxylic acids is 1. The van der Waals surface area contributed by atoms with Crippen LogP contribution in [0.15, 0.2) is 43.1 Å². The van der Waals surface area contributed by atoms with E-state index in [9.17, 15) is 18.8 Å². The first-order chi connectivity index (χ1) is 16.4. The Morgan fingerprint density at radius 3 is 2.47 bits per heavy atom. The van der Waals surface area contributed by atoms with E-state index in [0.717, 1.165) is 12.3 Å². The summed E-state index contributed by atoms with van der Waals surface area (Å²) in [6.07, 6.45) is 6.65. The number of nitrogens with zero attached hydrogens (tertiary/aromatic N) is 7. The maximum absolute atomic E-state index is 13.3. The average molecular weight is 468 g/mol. The van der Waals surface area contributed by atoms with E-state index in [1.807, 2.05) is 4.90 Å². The Morgan fingerprint density at radius 1 is 1.00 bits per heavy atom. The SMILES string of the molecule is O=C(CN1CCN(C(=O)c2cncc(F)c2)CC1)NCc1cn(-c2cncc(C(=O)O)c2)nn1. The number of carbonyl (C=O) groups is 3. The van der Waals surface area contributed by atoms with Gasteiger partial charge in [-0.15, -0.1) is 5.10 Å². The van der Waals surface area contributed by atoms with Gasteiger partial charge >= 0.3 is 5.97 Å². The van der Waals surface area contributed by atoms with Crippen LogP contribution in [0, 0.1) is 5.82 Å². The summed E-state index contributed by atoms with van der Waals surface area (Å²) >= 11 is 0. The highest BCUT2D eigenvalue weighted by Gasteiger charge is 2.23. The molecule has 176 valence electrons. The summed E-state index contributed by atoms with van der Waals surface area (Å²) in [5.41, 5.74) is 1.15. The van der Waals surface area contributed by atoms with Crippen molar-refractivity contribution in [3.63, 3.8) is 0 Å². The number of hydrogen-bond acceptors (Lipinski definition) is 8. The highest BCUT2D eigenvalue weighted by Crippen LogP contribution is 2.10. The van der Waals surface area contributed by atoms with Gasteiger partial charge in [-0.25, -0.2) is 13.9 Å². The summed E-state index contributed by atoms with van der Waals surface area (Å²) < 4.78 is 14.7. The fraction of sp³-hybridized carbons (Fsp3) is 0.286. The summed E-state index contributed by atoms with van der Waals surface area (Å²) in [5.74, 6) is -2.16. The maximum Gasteiger partial charge on any atom is 0.337 e. The monoisotopic (exact) mass is 468 g/mol. The van der Waals surface area contributed by atoms with Crippen LogP contribution in [0.5, 0.6) is 0 Å². The normalized spacial score (nSPS) is 14.1. The molecule has 1 aliphatic rings. The van der Waals surface area contributed by atoms with Crippen LogP contribution in [0.25, 0.3) is 5.69 Å². The molecule has 0 aliphatic carbocycles. The van der Waals surface area contributed by atoms with Gasteiger partial charge in [0.05, 0.1) is 48.5 Å². The third-order valence-electron chi connectivity index (χ3n) is 5.22. The van der Waals surface area contributed by atoms with Gasteiger partial charge in [0.25, 0.3) is 5.91 Å². The van der Waals surface area contributed by atoms with Crippen LogP contribution in [-0.2, 0) is 11.3 Å². The Hall–Kier alpha value is -4.26. The molecule has 0 aromatic carbocycles. The number of rotatable bonds is 7. The molecule has 12 nitrogen and oxygen atoms in total. The van der Waals surface area contributed by atoms with Gasteiger partial charge in [-0.05, 0) is 12.1 Å². The molecule has 1 aliphatic heterocycles. The van der Waals surface area contributed by atoms with E-state index in [-0.39, 0.29) is 36.0 Å². The minimum absolute atomic E-state index is 0.0252. The minimum atomic E-state index is -1.10. The molecule has 1 saturated heterocycles. The number of hydrogen-bond donors (Lipinski definition) is 2. The summed E-state index contributed by atoms with van der Waals surface area (Å²) in [4.78, 5) is 47.0. The van der Waals surface area contributed by atoms with Crippen molar-refractivity contribution in [1.29, 1.82) is 0 Å². The zero-order chi connectivity index (χ0) is 24.1. The van der Waals surface area contributed by atoms with E-state index in [1.165, 1.54) is 29.3 Å². The second kappa shape index (κ2) is 10.1. The molecule has 3 aromatic rings. The molecule has 1 fully saturated rings. The summed E-state index contributed by atoms with van der Waals surface area (Å²) in [7, 11) is 0. The summed E-state index contributed by atoms with van der Waals surface area (Å²) in [5, 5.41) is 19.8. The van der Waals surface area contributed by atoms with Crippen LogP contribution >= 0.6 is 0 Å². The molecule has 3 aromatic heterocycles. The number of carboxylic acids is 1. The Bertz CT molecular complexity index is 1210. The second-order valence-corrected chi connectivity index (χ2v) is 7.63. The smallest absolute Gasteiger partial charge is 0.337 e. The lowest BCUT2D eigenvalue weighted by molar-refractivity contribution is -0.122. The maximum atomic E-state index is 13.3. The van der Waals surface area contributed by atoms with Gasteiger partial charge < -0.3 is 15.3 Å². The van der Waals surface area contributed by atoms with Gasteiger partial charge in [0.2, 0.25) is 5.91 Å². The third kappa shape index (κ3) is 5.56. The van der Waals surface area contributed by atoms with Crippen LogP contribution in [0.4, 0.5) is 4.39 Å². The Kier molecular flexibility index (Phi) is 6.82. The zero-order valence-corrected chi connectivity index (χ0v) is 18.0. The predicted octanol–water partition coefficient (Wildman–Crippen LogP) is -0.0312. The van der Waals surface area contributed by atoms with E-state index in [4.69, 9.17) is 5.11 Å². The van der Waals surface area contributed by atoms with Crippen LogP contribution in [0.1, 0.15) is 26.4 Å². The lowest BCUT2D eigenvalue weighted by Crippen LogP contribution is -2.51. The van der Waals surface area contributed by atoms with Gasteiger partial charge in [0, 0.05) is 38.6 Å². The van der Waals surface area contributed by atoms with Crippen LogP contribution in [-0.4, -0.2) is 90.4 Å². The number of carbonyl (C=O) groups excluding carboxylic acids is 2. The number of piperazine rings is 1. The number of aromatic nitrogens is 5. The lowest BCUT2D eigenvalue weighted by atomic mass is 10.2. The lowest BCUT2D eigenvalue weighted by Gasteiger charge is -2.34. The van der Waals surface area contributed by atoms with Crippen molar-refractivity contribution in [2.75, 3.05) is 32.7 Å². The molecular weight excluding hydrogens is 447 g/mol. The number of carboxylic acid groups (broad SMARTS) is 1. The molecule has 4 heterocycles. The van der Waals surface area contributed by atoms with Gasteiger partial charge in [0.15, 0.2) is 0 Å². The van der Waals surface area contributed by atoms with Crippen LogP contribution in [0.2, 0.25) is 0 Å². The molecule has 0 atom stereocenters. The number of amides is 2. The number of halogens is 1. The molecule has 4 rings (SSSR count). The zero-order valence-electron chi connectivity index (χ0n) is 18.0. The van der Waals surface area contributed by atoms with Crippen molar-refractivity contribution in [3.8, 4) is 5.69 Å². The van der Waals surface area contributed by atoms with Crippen molar-refractivity contribution in [2.45, 2.75) is 6.54 Å². The summed E-state index contributed by atoms with van der Waals surface area (Å²) in [6.45, 7) is 2.15. The van der Waals surface area contributed by atoms with E-state index in [1.54, 1.807) is 11.1 Å². The predicted molar refractivity (Wildman–Crippen MR) is 114 cm³/mol. The number of pyridine rings is 2. The highest BCUT2D eigenvalue weighted by molar-refractivity contribution is 5.94. The largest absolute Gasteiger partial charge is 0.478 e. The highest BCUT2D eigenvalue weighted by atomic mass is 19.1. The molecular formula is C21H21FN8O4. The first-order valence-corrected chi connectivity index (χ1v) is 10.4. The second-order valence-electron chi connectivity index (χ2n) is 7.63. The molecule has 2 N–H and O–H groups in total. The van der Waals surface area contributed by atoms with Crippen molar-refractivity contribution >= 4 is 17.8 Å². The molecule has 0 saturated carbocycles. The molecule has 13 heteroatoms. The molecule has 0 spiro atoms. The van der Waals surface area contributed by atoms with Crippen molar-refractivity contribution in [1.82, 2.24) is 40.1 Å². The standard InChI is InChI=1S/C21H21FN8O4/c22-16-5-14(7-23-9-16)20(32)29-3-1-28(2-4-29)13-19(31)25-10-17-12-30(27-26-17)18-6-15(21(33)34)8-24-11-18/h5-9,11-12H,1-4,10,13H2,(H,25,31)(H,33,34). The van der Waals surface area contributed by atoms with E-state index >= 15 is 0 Å². The molecule has 34 heavy (non-hydrogen) atoms. The average Bonchev–Trinajstić information content (AvgIpc) is 3.32. The fourth-order valence-corrected chi connectivity index (χ4v) is 3.44. The van der Waals surface area contributed by atoms with Crippen molar-refractivity contribution < 1.29 is 23.9 Å². The topological polar surface area (TPSA) is 146 Å². The molecule has 0 unspecified atom stereocenters. The number of nitrogens with one attached hydrogen (secondary N) is 1. The Morgan fingerprint density at radius 2 is 1.74 bits per heavy atom. The van der Waals surface area contributed by atoms with E-state index in [0.29, 0.717) is 37.6 Å². The minimum Gasteiger partial charge on any atom is -0.478 e. The molecule has 0 radical (unpaired) electrons. The van der Waals surface area contributed by atoms with Crippen LogP contribution in [0.3, 0.4) is 0 Å². The fourth-order valence-electron chi connectivity index (χ4n) is 3.44. The van der Waals surface area contributed by atoms with Crippen molar-refractivity contribution in [3.05, 3.63) is 65.8 Å². The molecule has 2 amide bonds. The van der Waals surface area contributed by atoms with E-state index in [2.05, 4.69) is 25.6 Å². The van der Waals surface area contributed by atoms with Gasteiger partial charge in [-0.1, -0.05) is 5.21 Å². The Labute approximate surface area is 193 Å². The quantitative estimate of drug-likeness (QED) is 0.488. The van der Waals surface area contributed by atoms with Crippen molar-refractivity contribution in [2.24, 2.45) is 0 Å². The van der Waals surface area contributed by atoms with Gasteiger partial charge in [0.1, 0.15) is 11.5 Å². The third-order valence-corrected chi connectivity index (χ3v) is 5.22. The summed E-state index contributed by atoms with van der Waals surface area (Å²) in [6, 6.07) is 2.58. The van der Waals surface area contributed by atoms with Gasteiger partial charge in [-0.2, -0.15) is 0 Å². The first-order valence-electron chi connectivity index (χ1n) is 10.4. The first kappa shape index (κ1) is 22.9. The molecule has 0 bridgehead atoms. The van der Waals surface area contributed by atoms with E-state index < -0.39 is 11.8 Å². The van der Waals surface area contributed by atoms with Crippen LogP contribution < -0.4 is 5.32 Å². The van der Waals surface area contributed by atoms with Gasteiger partial charge in [-0.3, -0.25) is 24.5 Å². The Balaban J connectivity index is 1.23.